The lowest BCUT2D eigenvalue weighted by atomic mass is 10.1. The summed E-state index contributed by atoms with van der Waals surface area (Å²) < 4.78 is 23.8. The van der Waals surface area contributed by atoms with Crippen LogP contribution in [0.15, 0.2) is 187 Å². The number of carbonyl (C=O) groups excluding carboxylic acids is 6. The molecule has 7 amide bonds. The molecule has 0 aliphatic carbocycles. The predicted octanol–water partition coefficient (Wildman–Crippen LogP) is 11.1. The number of imide groups is 2. The molecule has 588 valence electrons. The van der Waals surface area contributed by atoms with Gasteiger partial charge in [0.05, 0.1) is 28.7 Å². The van der Waals surface area contributed by atoms with Gasteiger partial charge >= 0.3 is 18.0 Å². The van der Waals surface area contributed by atoms with Crippen molar-refractivity contribution in [2.75, 3.05) is 69.0 Å². The number of likely N-dealkylation sites (tertiary alicyclic amines) is 1. The number of rotatable bonds is 7. The topological polar surface area (TPSA) is 276 Å². The number of aryl methyl sites for hydroxylation is 12. The summed E-state index contributed by atoms with van der Waals surface area (Å²) in [6.45, 7) is 18.7. The van der Waals surface area contributed by atoms with Gasteiger partial charge in [0.1, 0.15) is 29.5 Å². The maximum absolute atomic E-state index is 11.8. The van der Waals surface area contributed by atoms with Crippen molar-refractivity contribution >= 4 is 51.7 Å². The SMILES string of the molecule is CC1=CN(C)C(c2ccccc2)N1.CC1C(=O)N(C)C(=O)N1C.CCN1C(=O)N(C)C(=O)C1Oc1ccccc1.CN1CCCCC1.CNC(=O)c1nccn1C.COC(=O)c1cccn1C.Cc1cc(C)n(C)n1.Cc1ccnn1C.Cc1nccn1C.Cc1nn(C)cc1Br.Cn1ccc(-c2ccccc2)n1. The number of esters is 1. The Morgan fingerprint density at radius 3 is 1.55 bits per heavy atom. The molecule has 11 heterocycles. The summed E-state index contributed by atoms with van der Waals surface area (Å²) in [5.74, 6) is 1.14. The number of ether oxygens (including phenoxy) is 2. The second-order valence-corrected chi connectivity index (χ2v) is 26.5. The van der Waals surface area contributed by atoms with Crippen molar-refractivity contribution < 1.29 is 38.2 Å². The number of benzene rings is 3. The molecule has 3 saturated heterocycles. The van der Waals surface area contributed by atoms with Gasteiger partial charge in [0.25, 0.3) is 23.9 Å². The Kier molecular flexibility index (Phi) is 37.9. The molecule has 2 N–H and O–H groups in total. The number of methoxy groups -OCH3 is 1. The van der Waals surface area contributed by atoms with Crippen LogP contribution in [0.4, 0.5) is 9.59 Å². The maximum Gasteiger partial charge on any atom is 0.354 e. The van der Waals surface area contributed by atoms with Crippen molar-refractivity contribution in [1.82, 2.24) is 103 Å². The number of aromatic nitrogens is 13. The number of carbonyl (C=O) groups is 6. The lowest BCUT2D eigenvalue weighted by Crippen LogP contribution is -2.39. The fourth-order valence-electron chi connectivity index (χ4n) is 10.3. The minimum atomic E-state index is -0.847. The highest BCUT2D eigenvalue weighted by Gasteiger charge is 2.44. The maximum atomic E-state index is 11.8. The average Bonchev–Trinajstić information content (AvgIpc) is 1.67. The van der Waals surface area contributed by atoms with Gasteiger partial charge in [-0.1, -0.05) is 85.3 Å². The van der Waals surface area contributed by atoms with Gasteiger partial charge in [-0.05, 0) is 152 Å². The lowest BCUT2D eigenvalue weighted by Gasteiger charge is -2.21. The Hall–Kier alpha value is -11.4. The van der Waals surface area contributed by atoms with Crippen LogP contribution >= 0.6 is 15.9 Å². The number of amides is 7. The van der Waals surface area contributed by atoms with Gasteiger partial charge in [-0.25, -0.2) is 24.4 Å². The zero-order chi connectivity index (χ0) is 81.0. The summed E-state index contributed by atoms with van der Waals surface area (Å²) in [6.07, 6.45) is 20.3. The summed E-state index contributed by atoms with van der Waals surface area (Å²) in [6, 6.07) is 38.3. The molecule has 0 radical (unpaired) electrons. The number of piperidine rings is 1. The normalized spacial score (nSPS) is 15.2. The van der Waals surface area contributed by atoms with E-state index in [-0.39, 0.29) is 41.8 Å². The number of nitrogens with zero attached hydrogens (tertiary/aromatic N) is 19. The van der Waals surface area contributed by atoms with Crippen molar-refractivity contribution in [2.24, 2.45) is 49.3 Å². The number of urea groups is 2. The molecule has 29 nitrogen and oxygen atoms in total. The number of allylic oxidation sites excluding steroid dienone is 1. The first-order valence-corrected chi connectivity index (χ1v) is 36.2. The molecule has 3 aromatic carbocycles. The van der Waals surface area contributed by atoms with Gasteiger partial charge in [0.15, 0.2) is 5.82 Å². The van der Waals surface area contributed by atoms with E-state index in [1.54, 1.807) is 104 Å². The van der Waals surface area contributed by atoms with Crippen LogP contribution in [0.2, 0.25) is 0 Å². The molecule has 14 rings (SSSR count). The van der Waals surface area contributed by atoms with Crippen LogP contribution in [0.3, 0.4) is 0 Å². The quantitative estimate of drug-likeness (QED) is 0.111. The van der Waals surface area contributed by atoms with Crippen LogP contribution in [0.25, 0.3) is 11.3 Å². The number of halogens is 1. The molecule has 0 bridgehead atoms. The highest BCUT2D eigenvalue weighted by Crippen LogP contribution is 2.24. The summed E-state index contributed by atoms with van der Waals surface area (Å²) in [5, 5.41) is 22.3. The van der Waals surface area contributed by atoms with Gasteiger partial charge in [0, 0.05) is 170 Å². The van der Waals surface area contributed by atoms with Crippen LogP contribution in [0.5, 0.6) is 5.75 Å². The van der Waals surface area contributed by atoms with Crippen molar-refractivity contribution in [3.8, 4) is 17.0 Å². The first kappa shape index (κ1) is 90.0. The highest BCUT2D eigenvalue weighted by atomic mass is 79.9. The molecule has 0 spiro atoms. The van der Waals surface area contributed by atoms with E-state index < -0.39 is 6.23 Å². The molecule has 3 fully saturated rings. The van der Waals surface area contributed by atoms with Crippen molar-refractivity contribution in [3.05, 3.63) is 233 Å². The van der Waals surface area contributed by atoms with Gasteiger partial charge in [-0.2, -0.15) is 20.4 Å². The number of hydrogen-bond acceptors (Lipinski definition) is 17. The molecule has 7 aromatic heterocycles. The third-order valence-corrected chi connectivity index (χ3v) is 17.9. The minimum absolute atomic E-state index is 0.132. The van der Waals surface area contributed by atoms with Crippen LogP contribution in [0, 0.1) is 34.6 Å². The van der Waals surface area contributed by atoms with Crippen molar-refractivity contribution in [2.45, 2.75) is 93.1 Å². The fraction of sp³-hybridized carbons (Fsp3) is 0.392. The second-order valence-electron chi connectivity index (χ2n) is 25.7. The summed E-state index contributed by atoms with van der Waals surface area (Å²) in [4.78, 5) is 84.6. The Balaban J connectivity index is 0.000000256. The van der Waals surface area contributed by atoms with E-state index in [0.29, 0.717) is 30.0 Å². The van der Waals surface area contributed by atoms with Crippen molar-refractivity contribution in [1.29, 1.82) is 0 Å². The molecular weight excluding hydrogens is 1450 g/mol. The van der Waals surface area contributed by atoms with Crippen molar-refractivity contribution in [3.63, 3.8) is 0 Å². The number of likely N-dealkylation sites (N-methyl/N-ethyl adjacent to an activating group) is 4. The third-order valence-electron chi connectivity index (χ3n) is 17.1. The smallest absolute Gasteiger partial charge is 0.354 e. The Morgan fingerprint density at radius 1 is 0.615 bits per heavy atom. The number of hydrogen-bond donors (Lipinski definition) is 2. The van der Waals surface area contributed by atoms with E-state index in [9.17, 15) is 28.8 Å². The molecule has 109 heavy (non-hydrogen) atoms. The van der Waals surface area contributed by atoms with Gasteiger partial charge in [-0.15, -0.1) is 0 Å². The summed E-state index contributed by atoms with van der Waals surface area (Å²) in [5.41, 5.74) is 9.81. The highest BCUT2D eigenvalue weighted by molar-refractivity contribution is 9.10. The zero-order valence-electron chi connectivity index (χ0n) is 67.4. The fourth-order valence-corrected chi connectivity index (χ4v) is 10.6. The van der Waals surface area contributed by atoms with Gasteiger partial charge < -0.3 is 48.5 Å². The number of nitrogens with one attached hydrogen (secondary N) is 2. The second kappa shape index (κ2) is 46.0. The predicted molar refractivity (Wildman–Crippen MR) is 428 cm³/mol. The zero-order valence-corrected chi connectivity index (χ0v) is 68.9. The summed E-state index contributed by atoms with van der Waals surface area (Å²) in [7, 11) is 25.0. The summed E-state index contributed by atoms with van der Waals surface area (Å²) >= 11 is 3.33. The Bertz CT molecular complexity index is 4170. The molecular formula is C79H112BrN21O8. The van der Waals surface area contributed by atoms with E-state index >= 15 is 0 Å². The molecule has 30 heteroatoms. The molecule has 0 saturated carbocycles. The van der Waals surface area contributed by atoms with Crippen LogP contribution in [-0.4, -0.2) is 209 Å². The first-order chi connectivity index (χ1) is 51.7. The number of imidazole rings is 2. The van der Waals surface area contributed by atoms with E-state index in [2.05, 4.69) is 141 Å². The van der Waals surface area contributed by atoms with E-state index in [1.807, 2.05) is 169 Å². The monoisotopic (exact) mass is 1560 g/mol. The largest absolute Gasteiger partial charge is 0.464 e. The standard InChI is InChI=1S/C12H14N2O3.C11H14N2.C10H10N2.C7H9NO2.C6H9N3O.C6H10N2O2.C6H10N2.C6H13N.C5H7BrN2.2C5H8N2/c1-3-14-11(10(15)13(2)12(14)16)17-9-7-5-4-6-8-9;1-9-8-13(2)11(12-9)10-6-4-3-5-7-10;1-12-8-7-10(11-12)9-5-3-2-4-6-9;1-8-5-3-4-6(8)7(9)10-2;1-7-6(10)5-8-3-4-9(5)2;1-4-5(9)8(3)6(10)7(4)2;1-5-4-6(2)8(3)7-5;1-7-5-3-2-4-6-7;1-4-5(6)3-8(2)7-4;1-5-6-3-4-7(5)2;1-5-3-4-6-7(5)2/h4-8,11H,3H2,1-2H3;3-8,11-12H,1-2H3;2-8H,1H3;3-5H,1-2H3;3-4H,1-2H3,(H,7,10);4H,1-3H3;4H,1-3H3;2-6H2,1H3;3H,1-2H3;2*3-4H,1-2H3. The molecule has 3 atom stereocenters. The number of para-hydroxylation sites is 1. The molecule has 10 aromatic rings. The first-order valence-electron chi connectivity index (χ1n) is 35.4. The van der Waals surface area contributed by atoms with Crippen LogP contribution < -0.4 is 15.4 Å². The minimum Gasteiger partial charge on any atom is -0.464 e. The van der Waals surface area contributed by atoms with Gasteiger partial charge in [0.2, 0.25) is 0 Å². The van der Waals surface area contributed by atoms with Gasteiger partial charge in [-0.3, -0.25) is 47.8 Å². The molecule has 3 unspecified atom stereocenters. The van der Waals surface area contributed by atoms with E-state index in [0.717, 1.165) is 42.7 Å². The molecule has 4 aliphatic heterocycles. The van der Waals surface area contributed by atoms with Crippen LogP contribution in [-0.2, 0) is 63.7 Å². The molecule has 4 aliphatic rings. The Labute approximate surface area is 650 Å². The van der Waals surface area contributed by atoms with Crippen LogP contribution in [0.1, 0.15) is 101 Å². The third kappa shape index (κ3) is 29.4. The van der Waals surface area contributed by atoms with E-state index in [1.165, 1.54) is 86.0 Å². The Morgan fingerprint density at radius 2 is 1.21 bits per heavy atom. The average molecular weight is 1560 g/mol. The van der Waals surface area contributed by atoms with E-state index in [4.69, 9.17) is 4.74 Å². The lowest BCUT2D eigenvalue weighted by molar-refractivity contribution is -0.134.